The number of morpholine rings is 1. The molecule has 2 amide bonds. The number of amides is 2. The van der Waals surface area contributed by atoms with Gasteiger partial charge in [-0.1, -0.05) is 11.6 Å². The van der Waals surface area contributed by atoms with Crippen molar-refractivity contribution in [2.45, 2.75) is 6.10 Å². The van der Waals surface area contributed by atoms with Crippen LogP contribution in [0.25, 0.3) is 0 Å². The van der Waals surface area contributed by atoms with Crippen LogP contribution >= 0.6 is 11.6 Å². The Morgan fingerprint density at radius 1 is 1.41 bits per heavy atom. The smallest absolute Gasteiger partial charge is 0.282 e. The van der Waals surface area contributed by atoms with Gasteiger partial charge in [0.25, 0.3) is 11.8 Å². The quantitative estimate of drug-likeness (QED) is 0.445. The number of carbonyl (C=O) groups excluding carboxylic acids is 2. The Morgan fingerprint density at radius 3 is 2.82 bits per heavy atom. The Hall–Kier alpha value is -2.16. The van der Waals surface area contributed by atoms with Gasteiger partial charge < -0.3 is 26.8 Å². The zero-order chi connectivity index (χ0) is 16.1. The molecule has 22 heavy (non-hydrogen) atoms. The van der Waals surface area contributed by atoms with Crippen molar-refractivity contribution < 1.29 is 14.3 Å². The van der Waals surface area contributed by atoms with E-state index in [1.165, 1.54) is 12.1 Å². The highest BCUT2D eigenvalue weighted by Gasteiger charge is 2.23. The zero-order valence-electron chi connectivity index (χ0n) is 11.6. The lowest BCUT2D eigenvalue weighted by Crippen LogP contribution is -2.45. The molecule has 118 valence electrons. The lowest BCUT2D eigenvalue weighted by atomic mass is 10.1. The zero-order valence-corrected chi connectivity index (χ0v) is 12.4. The number of hydrogen-bond acceptors (Lipinski definition) is 4. The van der Waals surface area contributed by atoms with Crippen molar-refractivity contribution in [3.05, 3.63) is 28.8 Å². The average molecular weight is 326 g/mol. The minimum atomic E-state index is -0.694. The minimum Gasteiger partial charge on any atom is -0.370 e. The molecular weight excluding hydrogens is 310 g/mol. The number of hydrogen-bond donors (Lipinski definition) is 4. The molecule has 2 rings (SSSR count). The molecule has 1 aromatic rings. The van der Waals surface area contributed by atoms with E-state index in [-0.39, 0.29) is 23.1 Å². The van der Waals surface area contributed by atoms with Crippen molar-refractivity contribution in [2.24, 2.45) is 16.5 Å². The summed E-state index contributed by atoms with van der Waals surface area (Å²) in [5.41, 5.74) is 10.7. The third-order valence-electron chi connectivity index (χ3n) is 2.92. The standard InChI is InChI=1S/C13H16ClN5O3/c14-7-1-2-9(8(5-7)11(20)19-13(15)16)18-12(21)10-6-17-3-4-22-10/h1-2,5,10,17H,3-4,6H2,(H,18,21)(H4,15,16,19,20). The summed E-state index contributed by atoms with van der Waals surface area (Å²) in [5, 5.41) is 5.99. The molecule has 0 bridgehead atoms. The molecule has 0 spiro atoms. The van der Waals surface area contributed by atoms with Gasteiger partial charge in [0.1, 0.15) is 6.10 Å². The fourth-order valence-electron chi connectivity index (χ4n) is 1.93. The molecule has 0 aliphatic carbocycles. The highest BCUT2D eigenvalue weighted by molar-refractivity contribution is 6.31. The largest absolute Gasteiger partial charge is 0.370 e. The first-order valence-electron chi connectivity index (χ1n) is 6.54. The van der Waals surface area contributed by atoms with E-state index < -0.39 is 12.0 Å². The maximum absolute atomic E-state index is 12.1. The summed E-state index contributed by atoms with van der Waals surface area (Å²) in [7, 11) is 0. The fraction of sp³-hybridized carbons (Fsp3) is 0.308. The van der Waals surface area contributed by atoms with Crippen molar-refractivity contribution in [1.29, 1.82) is 0 Å². The molecule has 0 radical (unpaired) electrons. The van der Waals surface area contributed by atoms with Crippen LogP contribution in [0.5, 0.6) is 0 Å². The minimum absolute atomic E-state index is 0.0954. The lowest BCUT2D eigenvalue weighted by molar-refractivity contribution is -0.128. The topological polar surface area (TPSA) is 132 Å². The van der Waals surface area contributed by atoms with E-state index in [2.05, 4.69) is 15.6 Å². The molecule has 6 N–H and O–H groups in total. The number of benzene rings is 1. The van der Waals surface area contributed by atoms with E-state index in [1.54, 1.807) is 6.07 Å². The Morgan fingerprint density at radius 2 is 2.18 bits per heavy atom. The Kier molecular flexibility index (Phi) is 5.31. The summed E-state index contributed by atoms with van der Waals surface area (Å²) >= 11 is 5.87. The fourth-order valence-corrected chi connectivity index (χ4v) is 2.10. The van der Waals surface area contributed by atoms with Gasteiger partial charge in [-0.25, -0.2) is 0 Å². The molecule has 1 atom stereocenters. The molecule has 1 fully saturated rings. The van der Waals surface area contributed by atoms with E-state index in [9.17, 15) is 9.59 Å². The van der Waals surface area contributed by atoms with Gasteiger partial charge in [0.2, 0.25) is 0 Å². The highest BCUT2D eigenvalue weighted by Crippen LogP contribution is 2.22. The second kappa shape index (κ2) is 7.21. The molecule has 1 saturated heterocycles. The number of anilines is 1. The van der Waals surface area contributed by atoms with Crippen molar-refractivity contribution >= 4 is 35.1 Å². The van der Waals surface area contributed by atoms with E-state index in [0.717, 1.165) is 0 Å². The van der Waals surface area contributed by atoms with Crippen molar-refractivity contribution in [3.8, 4) is 0 Å². The summed E-state index contributed by atoms with van der Waals surface area (Å²) in [6.45, 7) is 1.54. The number of guanidine groups is 1. The molecule has 9 heteroatoms. The third-order valence-corrected chi connectivity index (χ3v) is 3.16. The normalized spacial score (nSPS) is 17.6. The van der Waals surface area contributed by atoms with Crippen molar-refractivity contribution in [3.63, 3.8) is 0 Å². The lowest BCUT2D eigenvalue weighted by Gasteiger charge is -2.23. The third kappa shape index (κ3) is 4.17. The number of carbonyl (C=O) groups is 2. The Bertz CT molecular complexity index is 610. The Labute approximate surface area is 131 Å². The van der Waals surface area contributed by atoms with Crippen LogP contribution in [0.2, 0.25) is 5.02 Å². The molecule has 1 aliphatic rings. The maximum Gasteiger partial charge on any atom is 0.282 e. The second-order valence-corrected chi connectivity index (χ2v) is 5.02. The van der Waals surface area contributed by atoms with Gasteiger partial charge in [0.15, 0.2) is 5.96 Å². The van der Waals surface area contributed by atoms with Gasteiger partial charge in [0.05, 0.1) is 17.9 Å². The van der Waals surface area contributed by atoms with Gasteiger partial charge in [0, 0.05) is 18.1 Å². The average Bonchev–Trinajstić information content (AvgIpc) is 2.49. The van der Waals surface area contributed by atoms with Crippen LogP contribution in [-0.2, 0) is 9.53 Å². The summed E-state index contributed by atoms with van der Waals surface area (Å²) in [6.07, 6.45) is -0.629. The Balaban J connectivity index is 2.21. The number of halogens is 1. The van der Waals surface area contributed by atoms with Gasteiger partial charge in [-0.15, -0.1) is 0 Å². The second-order valence-electron chi connectivity index (χ2n) is 4.58. The first-order valence-corrected chi connectivity index (χ1v) is 6.92. The number of ether oxygens (including phenoxy) is 1. The molecule has 8 nitrogen and oxygen atoms in total. The number of nitrogens with zero attached hydrogens (tertiary/aromatic N) is 1. The summed E-state index contributed by atoms with van der Waals surface area (Å²) in [5.74, 6) is -1.43. The molecule has 1 heterocycles. The summed E-state index contributed by atoms with van der Waals surface area (Å²) in [6, 6.07) is 4.43. The molecule has 1 aromatic carbocycles. The first-order chi connectivity index (χ1) is 10.5. The highest BCUT2D eigenvalue weighted by atomic mass is 35.5. The van der Waals surface area contributed by atoms with Crippen LogP contribution in [0.3, 0.4) is 0 Å². The first kappa shape index (κ1) is 16.2. The molecular formula is C13H16ClN5O3. The SMILES string of the molecule is NC(N)=NC(=O)c1cc(Cl)ccc1NC(=O)C1CNCCO1. The van der Waals surface area contributed by atoms with Gasteiger partial charge in [-0.3, -0.25) is 9.59 Å². The van der Waals surface area contributed by atoms with E-state index in [0.29, 0.717) is 24.7 Å². The molecule has 0 saturated carbocycles. The number of nitrogens with two attached hydrogens (primary N) is 2. The van der Waals surface area contributed by atoms with Crippen LogP contribution in [-0.4, -0.2) is 43.6 Å². The van der Waals surface area contributed by atoms with Gasteiger partial charge >= 0.3 is 0 Å². The summed E-state index contributed by atoms with van der Waals surface area (Å²) in [4.78, 5) is 27.6. The van der Waals surface area contributed by atoms with Crippen molar-refractivity contribution in [2.75, 3.05) is 25.0 Å². The van der Waals surface area contributed by atoms with Crippen LogP contribution in [0.15, 0.2) is 23.2 Å². The van der Waals surface area contributed by atoms with Crippen LogP contribution in [0.4, 0.5) is 5.69 Å². The van der Waals surface area contributed by atoms with Gasteiger partial charge in [-0.05, 0) is 18.2 Å². The van der Waals surface area contributed by atoms with E-state index >= 15 is 0 Å². The number of nitrogens with one attached hydrogen (secondary N) is 2. The van der Waals surface area contributed by atoms with E-state index in [4.69, 9.17) is 27.8 Å². The summed E-state index contributed by atoms with van der Waals surface area (Å²) < 4.78 is 5.35. The van der Waals surface area contributed by atoms with Gasteiger partial charge in [-0.2, -0.15) is 4.99 Å². The monoisotopic (exact) mass is 325 g/mol. The molecule has 0 aromatic heterocycles. The molecule has 1 aliphatic heterocycles. The van der Waals surface area contributed by atoms with Crippen LogP contribution in [0, 0.1) is 0 Å². The molecule has 1 unspecified atom stereocenters. The number of rotatable bonds is 3. The van der Waals surface area contributed by atoms with Crippen LogP contribution < -0.4 is 22.1 Å². The predicted octanol–water partition coefficient (Wildman–Crippen LogP) is -0.319. The van der Waals surface area contributed by atoms with E-state index in [1.807, 2.05) is 0 Å². The number of aliphatic imine (C=N–C) groups is 1. The van der Waals surface area contributed by atoms with Crippen molar-refractivity contribution in [1.82, 2.24) is 5.32 Å². The van der Waals surface area contributed by atoms with Crippen LogP contribution in [0.1, 0.15) is 10.4 Å². The predicted molar refractivity (Wildman–Crippen MR) is 82.8 cm³/mol. The maximum atomic E-state index is 12.1.